The Morgan fingerprint density at radius 3 is 2.62 bits per heavy atom. The normalized spacial score (nSPS) is 10.8. The first-order valence-corrected chi connectivity index (χ1v) is 9.78. The number of nitrogens with zero attached hydrogens (tertiary/aromatic N) is 4. The molecule has 3 rings (SSSR count). The van der Waals surface area contributed by atoms with E-state index in [0.29, 0.717) is 17.4 Å². The van der Waals surface area contributed by atoms with Gasteiger partial charge in [-0.1, -0.05) is 32.0 Å². The maximum Gasteiger partial charge on any atom is 0.274 e. The van der Waals surface area contributed by atoms with Gasteiger partial charge in [0, 0.05) is 37.7 Å². The predicted octanol–water partition coefficient (Wildman–Crippen LogP) is 4.23. The molecule has 0 aliphatic carbocycles. The van der Waals surface area contributed by atoms with Crippen molar-refractivity contribution in [2.45, 2.75) is 33.1 Å². The Bertz CT molecular complexity index is 972. The van der Waals surface area contributed by atoms with Crippen molar-refractivity contribution >= 4 is 17.4 Å². The van der Waals surface area contributed by atoms with Gasteiger partial charge in [-0.25, -0.2) is 9.97 Å². The highest BCUT2D eigenvalue weighted by Gasteiger charge is 2.15. The minimum atomic E-state index is -0.229. The van der Waals surface area contributed by atoms with Crippen molar-refractivity contribution in [3.63, 3.8) is 0 Å². The number of nitrogens with one attached hydrogen (secondary N) is 1. The number of para-hydroxylation sites is 1. The molecule has 0 atom stereocenters. The Hall–Kier alpha value is -3.28. The molecule has 1 aromatic carbocycles. The molecule has 0 bridgehead atoms. The van der Waals surface area contributed by atoms with Crippen LogP contribution >= 0.6 is 0 Å². The molecule has 1 N–H and O–H groups in total. The number of amides is 1. The van der Waals surface area contributed by atoms with Crippen LogP contribution in [-0.4, -0.2) is 34.5 Å². The zero-order valence-corrected chi connectivity index (χ0v) is 17.4. The van der Waals surface area contributed by atoms with Crippen LogP contribution in [0.3, 0.4) is 0 Å². The van der Waals surface area contributed by atoms with E-state index in [2.05, 4.69) is 34.1 Å². The van der Waals surface area contributed by atoms with Crippen LogP contribution in [0.15, 0.2) is 55.1 Å². The average Bonchev–Trinajstić information content (AvgIpc) is 2.74. The number of aromatic nitrogens is 3. The van der Waals surface area contributed by atoms with E-state index in [9.17, 15) is 4.79 Å². The summed E-state index contributed by atoms with van der Waals surface area (Å²) in [6, 6.07) is 11.8. The first-order valence-electron chi connectivity index (χ1n) is 9.78. The highest BCUT2D eigenvalue weighted by atomic mass is 16.1. The number of likely N-dealkylation sites (N-methyl/N-ethyl adjacent to an activating group) is 1. The molecule has 0 aliphatic rings. The van der Waals surface area contributed by atoms with Crippen LogP contribution in [0.4, 0.5) is 11.5 Å². The van der Waals surface area contributed by atoms with E-state index in [-0.39, 0.29) is 5.91 Å². The quantitative estimate of drug-likeness (QED) is 0.655. The zero-order chi connectivity index (χ0) is 20.8. The number of hydrogen-bond acceptors (Lipinski definition) is 5. The summed E-state index contributed by atoms with van der Waals surface area (Å²) in [7, 11) is 1.96. The fourth-order valence-electron chi connectivity index (χ4n) is 3.16. The van der Waals surface area contributed by atoms with E-state index < -0.39 is 0 Å². The third-order valence-corrected chi connectivity index (χ3v) is 4.93. The van der Waals surface area contributed by atoms with E-state index in [4.69, 9.17) is 0 Å². The van der Waals surface area contributed by atoms with Crippen molar-refractivity contribution in [2.24, 2.45) is 0 Å². The highest BCUT2D eigenvalue weighted by molar-refractivity contribution is 6.04. The van der Waals surface area contributed by atoms with Gasteiger partial charge in [0.15, 0.2) is 0 Å². The summed E-state index contributed by atoms with van der Waals surface area (Å²) in [5.41, 5.74) is 4.57. The second-order valence-electron chi connectivity index (χ2n) is 7.44. The molecule has 6 nitrogen and oxygen atoms in total. The molecular formula is C23H27N5O. The van der Waals surface area contributed by atoms with Gasteiger partial charge in [-0.2, -0.15) is 0 Å². The second-order valence-corrected chi connectivity index (χ2v) is 7.44. The summed E-state index contributed by atoms with van der Waals surface area (Å²) in [5, 5.41) is 3.05. The van der Waals surface area contributed by atoms with Gasteiger partial charge in [-0.05, 0) is 48.1 Å². The second kappa shape index (κ2) is 9.28. The standard InChI is InChI=1S/C23H27N5O/c1-16(2)19-7-5-6-17(3)22(19)27-23(29)20-14-21(26-15-25-20)28(4)13-10-18-8-11-24-12-9-18/h5-9,11-12,14-16H,10,13H2,1-4H3,(H,27,29). The number of carbonyl (C=O) groups excluding carboxylic acids is 1. The van der Waals surface area contributed by atoms with Crippen LogP contribution in [0.1, 0.15) is 46.9 Å². The van der Waals surface area contributed by atoms with Crippen molar-refractivity contribution in [3.05, 3.63) is 77.5 Å². The van der Waals surface area contributed by atoms with Crippen molar-refractivity contribution in [3.8, 4) is 0 Å². The SMILES string of the molecule is Cc1cccc(C(C)C)c1NC(=O)c1cc(N(C)CCc2ccncc2)ncn1. The van der Waals surface area contributed by atoms with E-state index in [1.165, 1.54) is 11.9 Å². The molecule has 6 heteroatoms. The van der Waals surface area contributed by atoms with Gasteiger partial charge < -0.3 is 10.2 Å². The van der Waals surface area contributed by atoms with Gasteiger partial charge in [0.25, 0.3) is 5.91 Å². The number of hydrogen-bond donors (Lipinski definition) is 1. The van der Waals surface area contributed by atoms with Crippen molar-refractivity contribution < 1.29 is 4.79 Å². The Kier molecular flexibility index (Phi) is 6.54. The van der Waals surface area contributed by atoms with Gasteiger partial charge in [-0.3, -0.25) is 9.78 Å². The fraction of sp³-hybridized carbons (Fsp3) is 0.304. The minimum absolute atomic E-state index is 0.229. The molecule has 0 unspecified atom stereocenters. The van der Waals surface area contributed by atoms with Crippen molar-refractivity contribution in [2.75, 3.05) is 23.8 Å². The first-order chi connectivity index (χ1) is 14.0. The average molecular weight is 390 g/mol. The lowest BCUT2D eigenvalue weighted by atomic mass is 9.98. The third-order valence-electron chi connectivity index (χ3n) is 4.93. The van der Waals surface area contributed by atoms with Crippen LogP contribution in [-0.2, 0) is 6.42 Å². The van der Waals surface area contributed by atoms with Crippen LogP contribution in [0.2, 0.25) is 0 Å². The lowest BCUT2D eigenvalue weighted by Gasteiger charge is -2.19. The Morgan fingerprint density at radius 2 is 1.90 bits per heavy atom. The Labute approximate surface area is 172 Å². The Balaban J connectivity index is 1.73. The van der Waals surface area contributed by atoms with Gasteiger partial charge >= 0.3 is 0 Å². The molecule has 0 saturated carbocycles. The molecular weight excluding hydrogens is 362 g/mol. The van der Waals surface area contributed by atoms with E-state index >= 15 is 0 Å². The molecule has 3 aromatic rings. The predicted molar refractivity (Wildman–Crippen MR) is 116 cm³/mol. The number of anilines is 2. The van der Waals surface area contributed by atoms with E-state index in [1.54, 1.807) is 18.5 Å². The van der Waals surface area contributed by atoms with Gasteiger partial charge in [0.2, 0.25) is 0 Å². The van der Waals surface area contributed by atoms with Crippen LogP contribution in [0.5, 0.6) is 0 Å². The number of benzene rings is 1. The topological polar surface area (TPSA) is 71.0 Å². The summed E-state index contributed by atoms with van der Waals surface area (Å²) in [6.45, 7) is 7.01. The Morgan fingerprint density at radius 1 is 1.14 bits per heavy atom. The summed E-state index contributed by atoms with van der Waals surface area (Å²) in [4.78, 5) is 27.4. The summed E-state index contributed by atoms with van der Waals surface area (Å²) >= 11 is 0. The van der Waals surface area contributed by atoms with E-state index in [0.717, 1.165) is 29.8 Å². The van der Waals surface area contributed by atoms with Gasteiger partial charge in [0.1, 0.15) is 17.8 Å². The maximum atomic E-state index is 12.9. The zero-order valence-electron chi connectivity index (χ0n) is 17.4. The first kappa shape index (κ1) is 20.5. The van der Waals surface area contributed by atoms with Crippen molar-refractivity contribution in [1.29, 1.82) is 0 Å². The largest absolute Gasteiger partial charge is 0.359 e. The lowest BCUT2D eigenvalue weighted by Crippen LogP contribution is -2.23. The van der Waals surface area contributed by atoms with Gasteiger partial charge in [-0.15, -0.1) is 0 Å². The molecule has 0 radical (unpaired) electrons. The lowest BCUT2D eigenvalue weighted by molar-refractivity contribution is 0.102. The molecule has 0 saturated heterocycles. The number of pyridine rings is 1. The number of carbonyl (C=O) groups is 1. The molecule has 0 spiro atoms. The molecule has 1 amide bonds. The molecule has 29 heavy (non-hydrogen) atoms. The molecule has 2 heterocycles. The summed E-state index contributed by atoms with van der Waals surface area (Å²) < 4.78 is 0. The summed E-state index contributed by atoms with van der Waals surface area (Å²) in [5.74, 6) is 0.797. The monoisotopic (exact) mass is 389 g/mol. The molecule has 150 valence electrons. The van der Waals surface area contributed by atoms with E-state index in [1.807, 2.05) is 49.2 Å². The smallest absolute Gasteiger partial charge is 0.274 e. The number of rotatable bonds is 7. The molecule has 0 fully saturated rings. The van der Waals surface area contributed by atoms with Crippen LogP contribution in [0, 0.1) is 6.92 Å². The van der Waals surface area contributed by atoms with Crippen LogP contribution < -0.4 is 10.2 Å². The highest BCUT2D eigenvalue weighted by Crippen LogP contribution is 2.27. The minimum Gasteiger partial charge on any atom is -0.359 e. The fourth-order valence-corrected chi connectivity index (χ4v) is 3.16. The maximum absolute atomic E-state index is 12.9. The number of aryl methyl sites for hydroxylation is 1. The van der Waals surface area contributed by atoms with Gasteiger partial charge in [0.05, 0.1) is 0 Å². The summed E-state index contributed by atoms with van der Waals surface area (Å²) in [6.07, 6.45) is 5.89. The van der Waals surface area contributed by atoms with Crippen LogP contribution in [0.25, 0.3) is 0 Å². The van der Waals surface area contributed by atoms with Crippen molar-refractivity contribution in [1.82, 2.24) is 15.0 Å². The molecule has 2 aromatic heterocycles. The third kappa shape index (κ3) is 5.16. The molecule has 0 aliphatic heterocycles.